The predicted molar refractivity (Wildman–Crippen MR) is 81.7 cm³/mol. The number of nitrogens with two attached hydrogens (primary N) is 1. The molecule has 0 saturated carbocycles. The molecule has 0 atom stereocenters. The summed E-state index contributed by atoms with van der Waals surface area (Å²) in [6.07, 6.45) is -10.2. The maximum atomic E-state index is 13.1. The van der Waals surface area contributed by atoms with E-state index in [1.165, 1.54) is 6.07 Å². The van der Waals surface area contributed by atoms with E-state index in [2.05, 4.69) is 4.74 Å². The third-order valence-electron chi connectivity index (χ3n) is 3.61. The van der Waals surface area contributed by atoms with Gasteiger partial charge < -0.3 is 10.5 Å². The van der Waals surface area contributed by atoms with Crippen LogP contribution in [-0.4, -0.2) is 19.0 Å². The summed E-state index contributed by atoms with van der Waals surface area (Å²) in [6, 6.07) is 4.13. The number of hydrogen-bond acceptors (Lipinski definition) is 3. The zero-order valence-corrected chi connectivity index (χ0v) is 13.5. The molecule has 0 aliphatic carbocycles. The van der Waals surface area contributed by atoms with Gasteiger partial charge in [0.25, 0.3) is 0 Å². The van der Waals surface area contributed by atoms with E-state index in [-0.39, 0.29) is 6.07 Å². The largest absolute Gasteiger partial charge is 0.465 e. The summed E-state index contributed by atoms with van der Waals surface area (Å²) < 4.78 is 83.0. The highest BCUT2D eigenvalue weighted by molar-refractivity contribution is 6.07. The molecule has 4 nitrogen and oxygen atoms in total. The molecule has 2 aromatic rings. The van der Waals surface area contributed by atoms with Crippen molar-refractivity contribution in [2.45, 2.75) is 12.4 Å². The molecule has 27 heavy (non-hydrogen) atoms. The van der Waals surface area contributed by atoms with Crippen molar-refractivity contribution in [3.05, 3.63) is 58.7 Å². The molecular formula is C17H11F6NO3. The van der Waals surface area contributed by atoms with E-state index in [4.69, 9.17) is 5.73 Å². The number of ether oxygens (including phenoxy) is 1. The molecule has 0 unspecified atom stereocenters. The molecule has 0 heterocycles. The van der Waals surface area contributed by atoms with Gasteiger partial charge in [0.05, 0.1) is 23.8 Å². The number of esters is 1. The highest BCUT2D eigenvalue weighted by atomic mass is 19.4. The highest BCUT2D eigenvalue weighted by Crippen LogP contribution is 2.40. The normalized spacial score (nSPS) is 12.0. The molecule has 0 saturated heterocycles. The van der Waals surface area contributed by atoms with Crippen LogP contribution in [0.3, 0.4) is 0 Å². The number of benzene rings is 2. The maximum absolute atomic E-state index is 13.1. The summed E-state index contributed by atoms with van der Waals surface area (Å²) in [5.41, 5.74) is 0.0328. The fourth-order valence-corrected chi connectivity index (χ4v) is 2.45. The Bertz CT molecular complexity index is 870. The summed E-state index contributed by atoms with van der Waals surface area (Å²) in [5, 5.41) is 0. The lowest BCUT2D eigenvalue weighted by molar-refractivity contribution is -0.143. The smallest absolute Gasteiger partial charge is 0.416 e. The van der Waals surface area contributed by atoms with Gasteiger partial charge in [-0.25, -0.2) is 4.79 Å². The van der Waals surface area contributed by atoms with Crippen LogP contribution in [-0.2, 0) is 17.1 Å². The number of carbonyl (C=O) groups is 2. The van der Waals surface area contributed by atoms with Crippen LogP contribution in [0.1, 0.15) is 31.8 Å². The van der Waals surface area contributed by atoms with E-state index in [0.29, 0.717) is 12.1 Å². The lowest BCUT2D eigenvalue weighted by Crippen LogP contribution is -2.16. The summed E-state index contributed by atoms with van der Waals surface area (Å²) in [5.74, 6) is -2.19. The van der Waals surface area contributed by atoms with Crippen LogP contribution in [0.25, 0.3) is 11.1 Å². The third-order valence-corrected chi connectivity index (χ3v) is 3.61. The molecule has 1 amide bonds. The molecule has 0 aliphatic rings. The third kappa shape index (κ3) is 4.21. The average molecular weight is 391 g/mol. The van der Waals surface area contributed by atoms with Crippen LogP contribution in [0.2, 0.25) is 0 Å². The number of primary amides is 1. The number of halogens is 6. The molecule has 2 aromatic carbocycles. The van der Waals surface area contributed by atoms with Gasteiger partial charge in [0.2, 0.25) is 5.91 Å². The van der Waals surface area contributed by atoms with E-state index < -0.39 is 57.6 Å². The number of alkyl halides is 6. The molecule has 144 valence electrons. The van der Waals surface area contributed by atoms with Crippen LogP contribution in [0.5, 0.6) is 0 Å². The van der Waals surface area contributed by atoms with Crippen LogP contribution < -0.4 is 5.73 Å². The SMILES string of the molecule is COC(=O)c1cccc(C(N)=O)c1-c1cc(C(F)(F)F)cc(C(F)(F)F)c1. The molecule has 2 rings (SSSR count). The standard InChI is InChI=1S/C17H11F6NO3/c1-27-15(26)12-4-2-3-11(14(24)25)13(12)8-5-9(16(18,19)20)7-10(6-8)17(21,22)23/h2-7H,1H3,(H2,24,25). The highest BCUT2D eigenvalue weighted by Gasteiger charge is 2.37. The number of hydrogen-bond donors (Lipinski definition) is 1. The molecular weight excluding hydrogens is 380 g/mol. The monoisotopic (exact) mass is 391 g/mol. The van der Waals surface area contributed by atoms with Crippen molar-refractivity contribution in [1.29, 1.82) is 0 Å². The predicted octanol–water partition coefficient (Wildman–Crippen LogP) is 4.28. The van der Waals surface area contributed by atoms with Gasteiger partial charge in [0.1, 0.15) is 0 Å². The molecule has 0 radical (unpaired) electrons. The summed E-state index contributed by atoms with van der Waals surface area (Å²) in [4.78, 5) is 23.6. The fourth-order valence-electron chi connectivity index (χ4n) is 2.45. The topological polar surface area (TPSA) is 69.4 Å². The second kappa shape index (κ2) is 6.93. The van der Waals surface area contributed by atoms with Gasteiger partial charge in [-0.15, -0.1) is 0 Å². The number of carbonyl (C=O) groups excluding carboxylic acids is 2. The Labute approximate surface area is 148 Å². The Kier molecular flexibility index (Phi) is 5.21. The minimum Gasteiger partial charge on any atom is -0.465 e. The van der Waals surface area contributed by atoms with Gasteiger partial charge >= 0.3 is 18.3 Å². The van der Waals surface area contributed by atoms with Gasteiger partial charge in [-0.1, -0.05) is 6.07 Å². The van der Waals surface area contributed by atoms with E-state index in [9.17, 15) is 35.9 Å². The molecule has 0 fully saturated rings. The van der Waals surface area contributed by atoms with Crippen molar-refractivity contribution < 1.29 is 40.7 Å². The van der Waals surface area contributed by atoms with E-state index in [1.54, 1.807) is 0 Å². The van der Waals surface area contributed by atoms with E-state index in [0.717, 1.165) is 19.2 Å². The quantitative estimate of drug-likeness (QED) is 0.627. The minimum absolute atomic E-state index is 0.0613. The number of amides is 1. The van der Waals surface area contributed by atoms with Crippen molar-refractivity contribution in [2.24, 2.45) is 5.73 Å². The summed E-state index contributed by atoms with van der Waals surface area (Å²) in [6.45, 7) is 0. The Morgan fingerprint density at radius 2 is 1.37 bits per heavy atom. The molecule has 0 aromatic heterocycles. The Balaban J connectivity index is 2.92. The van der Waals surface area contributed by atoms with Gasteiger partial charge in [0, 0.05) is 11.1 Å². The summed E-state index contributed by atoms with van der Waals surface area (Å²) in [7, 11) is 0.969. The van der Waals surface area contributed by atoms with Crippen molar-refractivity contribution in [2.75, 3.05) is 7.11 Å². The second-order valence-electron chi connectivity index (χ2n) is 5.38. The maximum Gasteiger partial charge on any atom is 0.416 e. The van der Waals surface area contributed by atoms with Crippen LogP contribution >= 0.6 is 0 Å². The first-order chi connectivity index (χ1) is 12.4. The van der Waals surface area contributed by atoms with Crippen molar-refractivity contribution >= 4 is 11.9 Å². The van der Waals surface area contributed by atoms with E-state index in [1.807, 2.05) is 0 Å². The van der Waals surface area contributed by atoms with Crippen molar-refractivity contribution in [1.82, 2.24) is 0 Å². The van der Waals surface area contributed by atoms with Crippen LogP contribution in [0.4, 0.5) is 26.3 Å². The van der Waals surface area contributed by atoms with Crippen molar-refractivity contribution in [3.8, 4) is 11.1 Å². The average Bonchev–Trinajstić information content (AvgIpc) is 2.58. The van der Waals surface area contributed by atoms with Gasteiger partial charge in [-0.2, -0.15) is 26.3 Å². The zero-order chi connectivity index (χ0) is 20.6. The van der Waals surface area contributed by atoms with Crippen LogP contribution in [0, 0.1) is 0 Å². The van der Waals surface area contributed by atoms with Crippen molar-refractivity contribution in [3.63, 3.8) is 0 Å². The fraction of sp³-hybridized carbons (Fsp3) is 0.176. The molecule has 10 heteroatoms. The van der Waals surface area contributed by atoms with Gasteiger partial charge in [-0.3, -0.25) is 4.79 Å². The van der Waals surface area contributed by atoms with E-state index >= 15 is 0 Å². The summed E-state index contributed by atoms with van der Waals surface area (Å²) >= 11 is 0. The first-order valence-electron chi connectivity index (χ1n) is 7.17. The zero-order valence-electron chi connectivity index (χ0n) is 13.5. The molecule has 0 spiro atoms. The van der Waals surface area contributed by atoms with Gasteiger partial charge in [-0.05, 0) is 35.9 Å². The molecule has 0 bridgehead atoms. The van der Waals surface area contributed by atoms with Gasteiger partial charge in [0.15, 0.2) is 0 Å². The second-order valence-corrected chi connectivity index (χ2v) is 5.38. The molecule has 0 aliphatic heterocycles. The minimum atomic E-state index is -5.09. The first kappa shape index (κ1) is 20.3. The Hall–Kier alpha value is -3.04. The lowest BCUT2D eigenvalue weighted by Gasteiger charge is -2.17. The Morgan fingerprint density at radius 1 is 0.889 bits per heavy atom. The number of rotatable bonds is 3. The lowest BCUT2D eigenvalue weighted by atomic mass is 9.91. The Morgan fingerprint density at radius 3 is 1.78 bits per heavy atom. The number of methoxy groups -OCH3 is 1. The molecule has 2 N–H and O–H groups in total. The first-order valence-corrected chi connectivity index (χ1v) is 7.17. The van der Waals surface area contributed by atoms with Crippen LogP contribution in [0.15, 0.2) is 36.4 Å².